The van der Waals surface area contributed by atoms with Crippen molar-refractivity contribution in [3.05, 3.63) is 23.8 Å². The average molecular weight is 342 g/mol. The number of aryl methyl sites for hydroxylation is 1. The van der Waals surface area contributed by atoms with Crippen LogP contribution < -0.4 is 10.0 Å². The maximum Gasteiger partial charge on any atom is 0.332 e. The second-order valence-electron chi connectivity index (χ2n) is 5.44. The number of ether oxygens (including phenoxy) is 1. The summed E-state index contributed by atoms with van der Waals surface area (Å²) in [6.45, 7) is 1.80. The summed E-state index contributed by atoms with van der Waals surface area (Å²) in [7, 11) is -3.50. The van der Waals surface area contributed by atoms with Crippen LogP contribution in [0, 0.1) is 6.92 Å². The van der Waals surface area contributed by atoms with E-state index >= 15 is 0 Å². The summed E-state index contributed by atoms with van der Waals surface area (Å²) in [4.78, 5) is 23.1. The molecule has 0 saturated carbocycles. The summed E-state index contributed by atoms with van der Waals surface area (Å²) < 4.78 is 30.3. The maximum absolute atomic E-state index is 12.2. The molecule has 0 bridgehead atoms. The fourth-order valence-electron chi connectivity index (χ4n) is 2.28. The van der Waals surface area contributed by atoms with Gasteiger partial charge in [0, 0.05) is 0 Å². The van der Waals surface area contributed by atoms with Crippen LogP contribution in [-0.2, 0) is 24.3 Å². The van der Waals surface area contributed by atoms with Crippen molar-refractivity contribution in [3.8, 4) is 0 Å². The molecule has 1 aliphatic heterocycles. The number of hydrogen-bond donors (Lipinski definition) is 3. The third-order valence-electron chi connectivity index (χ3n) is 3.32. The van der Waals surface area contributed by atoms with E-state index in [2.05, 4.69) is 10.0 Å². The molecule has 1 saturated heterocycles. The van der Waals surface area contributed by atoms with Gasteiger partial charge >= 0.3 is 5.97 Å². The van der Waals surface area contributed by atoms with E-state index in [1.807, 2.05) is 0 Å². The monoisotopic (exact) mass is 342 g/mol. The Labute approximate surface area is 133 Å². The largest absolute Gasteiger partial charge is 0.479 e. The number of hydrogen-bond acceptors (Lipinski definition) is 5. The highest BCUT2D eigenvalue weighted by Crippen LogP contribution is 2.26. The zero-order valence-electron chi connectivity index (χ0n) is 12.7. The first-order chi connectivity index (χ1) is 10.7. The first kappa shape index (κ1) is 17.2. The molecule has 126 valence electrons. The molecule has 2 rings (SSSR count). The van der Waals surface area contributed by atoms with E-state index in [1.54, 1.807) is 25.1 Å². The quantitative estimate of drug-likeness (QED) is 0.732. The van der Waals surface area contributed by atoms with Gasteiger partial charge in [0.2, 0.25) is 10.0 Å². The molecule has 1 aliphatic rings. The number of rotatable bonds is 5. The summed E-state index contributed by atoms with van der Waals surface area (Å²) in [5.74, 6) is -1.61. The number of carbonyl (C=O) groups excluding carboxylic acids is 1. The van der Waals surface area contributed by atoms with Gasteiger partial charge in [0.05, 0.1) is 17.6 Å². The van der Waals surface area contributed by atoms with Gasteiger partial charge in [-0.15, -0.1) is 0 Å². The van der Waals surface area contributed by atoms with Crippen LogP contribution in [0.4, 0.5) is 11.4 Å². The topological polar surface area (TPSA) is 122 Å². The van der Waals surface area contributed by atoms with Gasteiger partial charge in [-0.05, 0) is 37.5 Å². The van der Waals surface area contributed by atoms with Gasteiger partial charge in [-0.25, -0.2) is 13.2 Å². The summed E-state index contributed by atoms with van der Waals surface area (Å²) in [5, 5.41) is 11.5. The molecule has 0 unspecified atom stereocenters. The second-order valence-corrected chi connectivity index (χ2v) is 7.19. The van der Waals surface area contributed by atoms with Crippen LogP contribution in [0.15, 0.2) is 18.2 Å². The first-order valence-electron chi connectivity index (χ1n) is 6.93. The van der Waals surface area contributed by atoms with Crippen molar-refractivity contribution in [2.24, 2.45) is 0 Å². The highest BCUT2D eigenvalue weighted by molar-refractivity contribution is 7.92. The molecule has 1 amide bonds. The van der Waals surface area contributed by atoms with Gasteiger partial charge in [0.15, 0.2) is 6.10 Å². The number of carboxylic acid groups (broad SMARTS) is 1. The molecule has 9 heteroatoms. The second kappa shape index (κ2) is 6.55. The molecule has 1 heterocycles. The fraction of sp³-hybridized carbons (Fsp3) is 0.429. The van der Waals surface area contributed by atoms with Gasteiger partial charge in [-0.2, -0.15) is 0 Å². The molecule has 2 atom stereocenters. The SMILES string of the molecule is Cc1ccc(NS(C)(=O)=O)c(NC(=O)[C@@H]2CC[C@H](C(=O)O)O2)c1. The molecule has 1 fully saturated rings. The smallest absolute Gasteiger partial charge is 0.332 e. The lowest BCUT2D eigenvalue weighted by Crippen LogP contribution is -2.30. The molecule has 0 aromatic heterocycles. The van der Waals surface area contributed by atoms with Crippen molar-refractivity contribution in [3.63, 3.8) is 0 Å². The van der Waals surface area contributed by atoms with Crippen molar-refractivity contribution >= 4 is 33.3 Å². The molecular weight excluding hydrogens is 324 g/mol. The lowest BCUT2D eigenvalue weighted by atomic mass is 10.1. The normalized spacial score (nSPS) is 21.0. The number of amides is 1. The molecular formula is C14H18N2O6S. The lowest BCUT2D eigenvalue weighted by Gasteiger charge is -2.15. The molecule has 23 heavy (non-hydrogen) atoms. The third-order valence-corrected chi connectivity index (χ3v) is 3.91. The van der Waals surface area contributed by atoms with E-state index in [0.717, 1.165) is 11.8 Å². The van der Waals surface area contributed by atoms with Gasteiger partial charge in [0.25, 0.3) is 5.91 Å². The number of nitrogens with one attached hydrogen (secondary N) is 2. The predicted molar refractivity (Wildman–Crippen MR) is 83.8 cm³/mol. The number of aliphatic carboxylic acids is 1. The number of sulfonamides is 1. The minimum atomic E-state index is -3.50. The number of anilines is 2. The van der Waals surface area contributed by atoms with Crippen molar-refractivity contribution < 1.29 is 27.9 Å². The Morgan fingerprint density at radius 1 is 1.22 bits per heavy atom. The standard InChI is InChI=1S/C14H18N2O6S/c1-8-3-4-9(16-23(2,20)21)10(7-8)15-13(17)11-5-6-12(22-11)14(18)19/h3-4,7,11-12,16H,5-6H2,1-2H3,(H,15,17)(H,18,19)/t11-,12+/m0/s1. The van der Waals surface area contributed by atoms with E-state index in [4.69, 9.17) is 9.84 Å². The van der Waals surface area contributed by atoms with Crippen molar-refractivity contribution in [2.75, 3.05) is 16.3 Å². The lowest BCUT2D eigenvalue weighted by molar-refractivity contribution is -0.150. The Bertz CT molecular complexity index is 731. The van der Waals surface area contributed by atoms with Crippen LogP contribution >= 0.6 is 0 Å². The van der Waals surface area contributed by atoms with E-state index in [-0.39, 0.29) is 12.1 Å². The van der Waals surface area contributed by atoms with Crippen LogP contribution in [0.1, 0.15) is 18.4 Å². The van der Waals surface area contributed by atoms with Gasteiger partial charge in [-0.1, -0.05) is 6.07 Å². The van der Waals surface area contributed by atoms with E-state index < -0.39 is 34.1 Å². The van der Waals surface area contributed by atoms with Gasteiger partial charge in [0.1, 0.15) is 6.10 Å². The highest BCUT2D eigenvalue weighted by Gasteiger charge is 2.34. The zero-order chi connectivity index (χ0) is 17.2. The Morgan fingerprint density at radius 2 is 1.87 bits per heavy atom. The number of carbonyl (C=O) groups is 2. The molecule has 0 spiro atoms. The van der Waals surface area contributed by atoms with Crippen LogP contribution in [0.3, 0.4) is 0 Å². The van der Waals surface area contributed by atoms with Crippen LogP contribution in [0.2, 0.25) is 0 Å². The fourth-order valence-corrected chi connectivity index (χ4v) is 2.85. The Hall–Kier alpha value is -2.13. The molecule has 0 radical (unpaired) electrons. The summed E-state index contributed by atoms with van der Waals surface area (Å²) >= 11 is 0. The summed E-state index contributed by atoms with van der Waals surface area (Å²) in [5.41, 5.74) is 1.36. The predicted octanol–water partition coefficient (Wildman–Crippen LogP) is 0.937. The van der Waals surface area contributed by atoms with Crippen molar-refractivity contribution in [1.29, 1.82) is 0 Å². The minimum Gasteiger partial charge on any atom is -0.479 e. The van der Waals surface area contributed by atoms with Gasteiger partial charge < -0.3 is 15.2 Å². The summed E-state index contributed by atoms with van der Waals surface area (Å²) in [6.07, 6.45) is -0.297. The molecule has 8 nitrogen and oxygen atoms in total. The van der Waals surface area contributed by atoms with E-state index in [9.17, 15) is 18.0 Å². The average Bonchev–Trinajstić information content (AvgIpc) is 2.90. The van der Waals surface area contributed by atoms with Crippen LogP contribution in [0.25, 0.3) is 0 Å². The Morgan fingerprint density at radius 3 is 2.43 bits per heavy atom. The van der Waals surface area contributed by atoms with E-state index in [0.29, 0.717) is 12.1 Å². The number of carboxylic acids is 1. The molecule has 3 N–H and O–H groups in total. The third kappa shape index (κ3) is 4.67. The number of benzene rings is 1. The minimum absolute atomic E-state index is 0.235. The van der Waals surface area contributed by atoms with Crippen LogP contribution in [0.5, 0.6) is 0 Å². The van der Waals surface area contributed by atoms with Crippen LogP contribution in [-0.4, -0.2) is 43.9 Å². The Kier molecular flexibility index (Phi) is 4.90. The Balaban J connectivity index is 2.14. The summed E-state index contributed by atoms with van der Waals surface area (Å²) in [6, 6.07) is 4.87. The van der Waals surface area contributed by atoms with Crippen molar-refractivity contribution in [1.82, 2.24) is 0 Å². The molecule has 1 aromatic carbocycles. The molecule has 1 aromatic rings. The zero-order valence-corrected chi connectivity index (χ0v) is 13.5. The van der Waals surface area contributed by atoms with Crippen molar-refractivity contribution in [2.45, 2.75) is 32.0 Å². The van der Waals surface area contributed by atoms with Gasteiger partial charge in [-0.3, -0.25) is 9.52 Å². The highest BCUT2D eigenvalue weighted by atomic mass is 32.2. The first-order valence-corrected chi connectivity index (χ1v) is 8.82. The maximum atomic E-state index is 12.2. The van der Waals surface area contributed by atoms with E-state index in [1.165, 1.54) is 0 Å². The molecule has 0 aliphatic carbocycles.